The molecular formula is C15H17N3O3. The van der Waals surface area contributed by atoms with Crippen molar-refractivity contribution < 1.29 is 14.3 Å². The molecule has 1 aliphatic heterocycles. The van der Waals surface area contributed by atoms with E-state index < -0.39 is 0 Å². The van der Waals surface area contributed by atoms with Gasteiger partial charge in [0, 0.05) is 13.2 Å². The molecule has 0 spiro atoms. The molecule has 1 aromatic heterocycles. The SMILES string of the molecule is CC(NC(=O)c1cnn(C)c1)c1ccc2c(c1)OCCO2. The standard InChI is InChI=1S/C15H17N3O3/c1-10(17-15(19)12-8-16-18(2)9-12)11-3-4-13-14(7-11)21-6-5-20-13/h3-4,7-10H,5-6H2,1-2H3,(H,17,19). The molecule has 0 bridgehead atoms. The van der Waals surface area contributed by atoms with Gasteiger partial charge in [-0.25, -0.2) is 0 Å². The zero-order chi connectivity index (χ0) is 14.8. The van der Waals surface area contributed by atoms with Crippen LogP contribution in [0.2, 0.25) is 0 Å². The summed E-state index contributed by atoms with van der Waals surface area (Å²) in [6, 6.07) is 5.58. The van der Waals surface area contributed by atoms with Crippen molar-refractivity contribution in [2.24, 2.45) is 7.05 Å². The predicted octanol–water partition coefficient (Wildman–Crippen LogP) is 1.68. The second-order valence-corrected chi connectivity index (χ2v) is 5.00. The van der Waals surface area contributed by atoms with Crippen LogP contribution >= 0.6 is 0 Å². The quantitative estimate of drug-likeness (QED) is 0.933. The van der Waals surface area contributed by atoms with E-state index >= 15 is 0 Å². The van der Waals surface area contributed by atoms with Crippen molar-refractivity contribution in [3.8, 4) is 11.5 Å². The molecule has 6 heteroatoms. The van der Waals surface area contributed by atoms with Gasteiger partial charge in [0.05, 0.1) is 17.8 Å². The Hall–Kier alpha value is -2.50. The number of carbonyl (C=O) groups excluding carboxylic acids is 1. The number of nitrogens with zero attached hydrogens (tertiary/aromatic N) is 2. The Labute approximate surface area is 122 Å². The molecule has 1 unspecified atom stereocenters. The van der Waals surface area contributed by atoms with E-state index in [1.807, 2.05) is 25.1 Å². The van der Waals surface area contributed by atoms with E-state index in [-0.39, 0.29) is 11.9 Å². The second-order valence-electron chi connectivity index (χ2n) is 5.00. The number of aryl methyl sites for hydroxylation is 1. The van der Waals surface area contributed by atoms with E-state index in [0.29, 0.717) is 18.8 Å². The molecule has 1 aromatic carbocycles. The molecule has 1 atom stereocenters. The summed E-state index contributed by atoms with van der Waals surface area (Å²) in [5, 5.41) is 6.94. The van der Waals surface area contributed by atoms with Crippen LogP contribution in [0, 0.1) is 0 Å². The lowest BCUT2D eigenvalue weighted by Crippen LogP contribution is -2.26. The first kappa shape index (κ1) is 13.5. The monoisotopic (exact) mass is 287 g/mol. The Morgan fingerprint density at radius 2 is 2.10 bits per heavy atom. The number of hydrogen-bond donors (Lipinski definition) is 1. The zero-order valence-electron chi connectivity index (χ0n) is 12.0. The van der Waals surface area contributed by atoms with Crippen LogP contribution in [-0.4, -0.2) is 28.9 Å². The fourth-order valence-electron chi connectivity index (χ4n) is 2.23. The second kappa shape index (κ2) is 5.47. The number of benzene rings is 1. The number of amides is 1. The third-order valence-electron chi connectivity index (χ3n) is 3.38. The highest BCUT2D eigenvalue weighted by Crippen LogP contribution is 2.32. The molecule has 1 amide bonds. The highest BCUT2D eigenvalue weighted by molar-refractivity contribution is 5.93. The Morgan fingerprint density at radius 1 is 1.33 bits per heavy atom. The fourth-order valence-corrected chi connectivity index (χ4v) is 2.23. The van der Waals surface area contributed by atoms with Gasteiger partial charge < -0.3 is 14.8 Å². The van der Waals surface area contributed by atoms with E-state index in [9.17, 15) is 4.79 Å². The van der Waals surface area contributed by atoms with Crippen LogP contribution in [0.5, 0.6) is 11.5 Å². The van der Waals surface area contributed by atoms with Gasteiger partial charge in [-0.1, -0.05) is 6.07 Å². The summed E-state index contributed by atoms with van der Waals surface area (Å²) in [6.07, 6.45) is 3.23. The molecule has 0 fully saturated rings. The number of rotatable bonds is 3. The van der Waals surface area contributed by atoms with Crippen molar-refractivity contribution in [3.05, 3.63) is 41.7 Å². The molecular weight excluding hydrogens is 270 g/mol. The van der Waals surface area contributed by atoms with Gasteiger partial charge in [-0.3, -0.25) is 9.48 Å². The Balaban J connectivity index is 1.73. The van der Waals surface area contributed by atoms with Crippen molar-refractivity contribution in [1.82, 2.24) is 15.1 Å². The number of aromatic nitrogens is 2. The molecule has 2 aromatic rings. The summed E-state index contributed by atoms with van der Waals surface area (Å²) >= 11 is 0. The first-order chi connectivity index (χ1) is 10.1. The maximum atomic E-state index is 12.1. The van der Waals surface area contributed by atoms with Crippen LogP contribution in [0.15, 0.2) is 30.6 Å². The summed E-state index contributed by atoms with van der Waals surface area (Å²) in [5.74, 6) is 1.32. The van der Waals surface area contributed by atoms with E-state index in [4.69, 9.17) is 9.47 Å². The minimum atomic E-state index is -0.148. The topological polar surface area (TPSA) is 65.4 Å². The summed E-state index contributed by atoms with van der Waals surface area (Å²) in [6.45, 7) is 3.05. The lowest BCUT2D eigenvalue weighted by atomic mass is 10.1. The largest absolute Gasteiger partial charge is 0.486 e. The number of ether oxygens (including phenoxy) is 2. The van der Waals surface area contributed by atoms with Crippen LogP contribution in [0.25, 0.3) is 0 Å². The molecule has 1 N–H and O–H groups in total. The van der Waals surface area contributed by atoms with Crippen LogP contribution in [-0.2, 0) is 7.05 Å². The average Bonchev–Trinajstić information content (AvgIpc) is 2.93. The first-order valence-corrected chi connectivity index (χ1v) is 6.82. The van der Waals surface area contributed by atoms with Crippen molar-refractivity contribution in [1.29, 1.82) is 0 Å². The molecule has 6 nitrogen and oxygen atoms in total. The van der Waals surface area contributed by atoms with E-state index in [0.717, 1.165) is 17.1 Å². The van der Waals surface area contributed by atoms with Gasteiger partial charge in [0.25, 0.3) is 5.91 Å². The van der Waals surface area contributed by atoms with Gasteiger partial charge in [-0.2, -0.15) is 5.10 Å². The molecule has 0 radical (unpaired) electrons. The van der Waals surface area contributed by atoms with Crippen LogP contribution < -0.4 is 14.8 Å². The molecule has 0 saturated carbocycles. The van der Waals surface area contributed by atoms with Crippen LogP contribution in [0.3, 0.4) is 0 Å². The lowest BCUT2D eigenvalue weighted by Gasteiger charge is -2.21. The minimum Gasteiger partial charge on any atom is -0.486 e. The molecule has 0 aliphatic carbocycles. The van der Waals surface area contributed by atoms with Gasteiger partial charge in [0.1, 0.15) is 13.2 Å². The molecule has 21 heavy (non-hydrogen) atoms. The normalized spacial score (nSPS) is 14.6. The highest BCUT2D eigenvalue weighted by atomic mass is 16.6. The van der Waals surface area contributed by atoms with Gasteiger partial charge in [-0.15, -0.1) is 0 Å². The van der Waals surface area contributed by atoms with Gasteiger partial charge in [-0.05, 0) is 24.6 Å². The smallest absolute Gasteiger partial charge is 0.254 e. The molecule has 3 rings (SSSR count). The van der Waals surface area contributed by atoms with Crippen molar-refractivity contribution in [2.75, 3.05) is 13.2 Å². The minimum absolute atomic E-state index is 0.131. The molecule has 2 heterocycles. The van der Waals surface area contributed by atoms with Crippen molar-refractivity contribution in [2.45, 2.75) is 13.0 Å². The summed E-state index contributed by atoms with van der Waals surface area (Å²) in [7, 11) is 1.78. The number of fused-ring (bicyclic) bond motifs is 1. The van der Waals surface area contributed by atoms with Crippen LogP contribution in [0.4, 0.5) is 0 Å². The number of nitrogens with one attached hydrogen (secondary N) is 1. The fraction of sp³-hybridized carbons (Fsp3) is 0.333. The van der Waals surface area contributed by atoms with Gasteiger partial charge in [0.15, 0.2) is 11.5 Å². The third-order valence-corrected chi connectivity index (χ3v) is 3.38. The highest BCUT2D eigenvalue weighted by Gasteiger charge is 2.16. The van der Waals surface area contributed by atoms with Crippen LogP contribution in [0.1, 0.15) is 28.9 Å². The zero-order valence-corrected chi connectivity index (χ0v) is 12.0. The number of hydrogen-bond acceptors (Lipinski definition) is 4. The van der Waals surface area contributed by atoms with Crippen molar-refractivity contribution >= 4 is 5.91 Å². The van der Waals surface area contributed by atoms with Crippen molar-refractivity contribution in [3.63, 3.8) is 0 Å². The predicted molar refractivity (Wildman–Crippen MR) is 76.5 cm³/mol. The van der Waals surface area contributed by atoms with Gasteiger partial charge in [0.2, 0.25) is 0 Å². The first-order valence-electron chi connectivity index (χ1n) is 6.82. The summed E-state index contributed by atoms with van der Waals surface area (Å²) < 4.78 is 12.6. The average molecular weight is 287 g/mol. The Morgan fingerprint density at radius 3 is 2.81 bits per heavy atom. The van der Waals surface area contributed by atoms with E-state index in [1.54, 1.807) is 24.1 Å². The maximum absolute atomic E-state index is 12.1. The Bertz CT molecular complexity index is 666. The molecule has 0 saturated heterocycles. The number of carbonyl (C=O) groups is 1. The summed E-state index contributed by atoms with van der Waals surface area (Å²) in [4.78, 5) is 12.1. The molecule has 1 aliphatic rings. The maximum Gasteiger partial charge on any atom is 0.254 e. The third kappa shape index (κ3) is 2.84. The molecule has 110 valence electrons. The lowest BCUT2D eigenvalue weighted by molar-refractivity contribution is 0.0939. The van der Waals surface area contributed by atoms with E-state index in [2.05, 4.69) is 10.4 Å². The van der Waals surface area contributed by atoms with E-state index in [1.165, 1.54) is 0 Å². The Kier molecular flexibility index (Phi) is 3.51. The summed E-state index contributed by atoms with van der Waals surface area (Å²) in [5.41, 5.74) is 1.51. The van der Waals surface area contributed by atoms with Gasteiger partial charge >= 0.3 is 0 Å².